The molecule has 1 heterocycles. The summed E-state index contributed by atoms with van der Waals surface area (Å²) in [5.41, 5.74) is -0.269. The Labute approximate surface area is 128 Å². The first kappa shape index (κ1) is 16.0. The number of hydrogen-bond donors (Lipinski definition) is 1. The topological polar surface area (TPSA) is 50.9 Å². The number of rotatable bonds is 6. The number of aliphatic hydroxyl groups is 1. The predicted molar refractivity (Wildman–Crippen MR) is 82.7 cm³/mol. The summed E-state index contributed by atoms with van der Waals surface area (Å²) in [5, 5.41) is 19.2. The molecule has 6 heteroatoms. The molecule has 4 nitrogen and oxygen atoms in total. The highest BCUT2D eigenvalue weighted by Crippen LogP contribution is 2.28. The van der Waals surface area contributed by atoms with Gasteiger partial charge in [0.05, 0.1) is 11.2 Å². The van der Waals surface area contributed by atoms with Crippen LogP contribution in [0.15, 0.2) is 29.4 Å². The molecule has 0 unspecified atom stereocenters. The zero-order valence-electron chi connectivity index (χ0n) is 12.5. The van der Waals surface area contributed by atoms with Crippen LogP contribution in [0.2, 0.25) is 0 Å². The first-order valence-electron chi connectivity index (χ1n) is 7.00. The molecule has 0 saturated carbocycles. The van der Waals surface area contributed by atoms with E-state index in [0.29, 0.717) is 35.1 Å². The lowest BCUT2D eigenvalue weighted by molar-refractivity contribution is 0.0571. The third-order valence-electron chi connectivity index (χ3n) is 3.74. The first-order valence-corrected chi connectivity index (χ1v) is 7.98. The Balaban J connectivity index is 2.20. The van der Waals surface area contributed by atoms with E-state index in [4.69, 9.17) is 0 Å². The minimum Gasteiger partial charge on any atom is -0.389 e. The maximum absolute atomic E-state index is 13.8. The van der Waals surface area contributed by atoms with Crippen molar-refractivity contribution < 1.29 is 9.50 Å². The van der Waals surface area contributed by atoms with Crippen LogP contribution in [-0.4, -0.2) is 31.2 Å². The van der Waals surface area contributed by atoms with Gasteiger partial charge in [-0.05, 0) is 25.0 Å². The van der Waals surface area contributed by atoms with Crippen LogP contribution >= 0.6 is 11.8 Å². The summed E-state index contributed by atoms with van der Waals surface area (Å²) in [6.07, 6.45) is 1.38. The third kappa shape index (κ3) is 3.44. The van der Waals surface area contributed by atoms with Crippen LogP contribution in [0.5, 0.6) is 0 Å². The zero-order chi connectivity index (χ0) is 15.5. The summed E-state index contributed by atoms with van der Waals surface area (Å²) in [5.74, 6) is 0.721. The molecule has 0 radical (unpaired) electrons. The number of thioether (sulfide) groups is 1. The number of benzene rings is 1. The van der Waals surface area contributed by atoms with Gasteiger partial charge in [0, 0.05) is 12.8 Å². The highest BCUT2D eigenvalue weighted by atomic mass is 32.2. The molecule has 0 saturated heterocycles. The summed E-state index contributed by atoms with van der Waals surface area (Å²) in [4.78, 5) is 0. The fraction of sp³-hybridized carbons (Fsp3) is 0.467. The fourth-order valence-electron chi connectivity index (χ4n) is 1.97. The number of aromatic nitrogens is 3. The molecule has 114 valence electrons. The van der Waals surface area contributed by atoms with Crippen LogP contribution in [0, 0.1) is 5.82 Å². The van der Waals surface area contributed by atoms with Gasteiger partial charge in [0.25, 0.3) is 0 Å². The highest BCUT2D eigenvalue weighted by Gasteiger charge is 2.24. The van der Waals surface area contributed by atoms with Gasteiger partial charge in [0.1, 0.15) is 5.82 Å². The zero-order valence-corrected chi connectivity index (χ0v) is 13.3. The Bertz CT molecular complexity index is 611. The van der Waals surface area contributed by atoms with E-state index in [0.717, 1.165) is 0 Å². The van der Waals surface area contributed by atoms with E-state index in [1.165, 1.54) is 17.8 Å². The molecule has 0 aliphatic rings. The van der Waals surface area contributed by atoms with E-state index in [2.05, 4.69) is 10.2 Å². The lowest BCUT2D eigenvalue weighted by Crippen LogP contribution is -2.29. The average Bonchev–Trinajstić information content (AvgIpc) is 2.86. The van der Waals surface area contributed by atoms with E-state index >= 15 is 0 Å². The maximum atomic E-state index is 13.8. The molecule has 1 aromatic carbocycles. The Morgan fingerprint density at radius 3 is 2.52 bits per heavy atom. The molecule has 0 spiro atoms. The van der Waals surface area contributed by atoms with E-state index in [9.17, 15) is 9.50 Å². The molecule has 0 atom stereocenters. The first-order chi connectivity index (χ1) is 10.0. The van der Waals surface area contributed by atoms with Crippen molar-refractivity contribution in [1.82, 2.24) is 14.8 Å². The van der Waals surface area contributed by atoms with Crippen molar-refractivity contribution >= 4 is 11.8 Å². The molecule has 0 amide bonds. The second-order valence-corrected chi connectivity index (χ2v) is 6.01. The summed E-state index contributed by atoms with van der Waals surface area (Å²) >= 11 is 1.44. The second-order valence-electron chi connectivity index (χ2n) is 5.07. The molecule has 1 aromatic heterocycles. The number of halogens is 1. The normalized spacial score (nSPS) is 11.9. The van der Waals surface area contributed by atoms with E-state index < -0.39 is 5.60 Å². The molecule has 21 heavy (non-hydrogen) atoms. The predicted octanol–water partition coefficient (Wildman–Crippen LogP) is 3.26. The van der Waals surface area contributed by atoms with E-state index in [1.807, 2.05) is 13.8 Å². The van der Waals surface area contributed by atoms with Crippen LogP contribution in [0.3, 0.4) is 0 Å². The Morgan fingerprint density at radius 1 is 1.24 bits per heavy atom. The number of nitrogens with zero attached hydrogens (tertiary/aromatic N) is 3. The van der Waals surface area contributed by atoms with Crippen LogP contribution in [0.4, 0.5) is 4.39 Å². The van der Waals surface area contributed by atoms with Crippen molar-refractivity contribution in [2.75, 3.05) is 5.75 Å². The van der Waals surface area contributed by atoms with Crippen LogP contribution in [0.25, 0.3) is 11.4 Å². The van der Waals surface area contributed by atoms with E-state index in [1.54, 1.807) is 29.8 Å². The summed E-state index contributed by atoms with van der Waals surface area (Å²) in [6.45, 7) is 3.93. The number of hydrogen-bond acceptors (Lipinski definition) is 4. The molecule has 0 aliphatic heterocycles. The largest absolute Gasteiger partial charge is 0.389 e. The van der Waals surface area contributed by atoms with Crippen LogP contribution in [-0.2, 0) is 7.05 Å². The van der Waals surface area contributed by atoms with Gasteiger partial charge in [-0.1, -0.05) is 37.7 Å². The van der Waals surface area contributed by atoms with Crippen molar-refractivity contribution in [2.45, 2.75) is 37.4 Å². The smallest absolute Gasteiger partial charge is 0.191 e. The van der Waals surface area contributed by atoms with Crippen molar-refractivity contribution in [3.8, 4) is 11.4 Å². The quantitative estimate of drug-likeness (QED) is 0.832. The van der Waals surface area contributed by atoms with Gasteiger partial charge in [-0.3, -0.25) is 0 Å². The summed E-state index contributed by atoms with van der Waals surface area (Å²) in [6, 6.07) is 6.51. The van der Waals surface area contributed by atoms with Gasteiger partial charge in [-0.15, -0.1) is 10.2 Å². The fourth-order valence-corrected chi connectivity index (χ4v) is 3.16. The lowest BCUT2D eigenvalue weighted by Gasteiger charge is -2.24. The minimum absolute atomic E-state index is 0.317. The minimum atomic E-state index is -0.700. The molecule has 0 aliphatic carbocycles. The maximum Gasteiger partial charge on any atom is 0.191 e. The van der Waals surface area contributed by atoms with Crippen LogP contribution < -0.4 is 0 Å². The lowest BCUT2D eigenvalue weighted by atomic mass is 10.0. The monoisotopic (exact) mass is 309 g/mol. The standard InChI is InChI=1S/C15H20FN3OS/c1-4-15(20,5-2)10-21-14-18-17-13(19(14)3)11-8-6-7-9-12(11)16/h6-9,20H,4-5,10H2,1-3H3. The molecule has 1 N–H and O–H groups in total. The van der Waals surface area contributed by atoms with Gasteiger partial charge >= 0.3 is 0 Å². The van der Waals surface area contributed by atoms with Gasteiger partial charge in [0.2, 0.25) is 0 Å². The van der Waals surface area contributed by atoms with Crippen LogP contribution in [0.1, 0.15) is 26.7 Å². The molecule has 0 bridgehead atoms. The van der Waals surface area contributed by atoms with Gasteiger partial charge in [0.15, 0.2) is 11.0 Å². The van der Waals surface area contributed by atoms with Crippen molar-refractivity contribution in [2.24, 2.45) is 7.05 Å². The Hall–Kier alpha value is -1.40. The molecule has 2 rings (SSSR count). The van der Waals surface area contributed by atoms with Crippen molar-refractivity contribution in [3.63, 3.8) is 0 Å². The van der Waals surface area contributed by atoms with Gasteiger partial charge < -0.3 is 9.67 Å². The highest BCUT2D eigenvalue weighted by molar-refractivity contribution is 7.99. The summed E-state index contributed by atoms with van der Waals surface area (Å²) < 4.78 is 15.6. The molecular weight excluding hydrogens is 289 g/mol. The average molecular weight is 309 g/mol. The second kappa shape index (κ2) is 6.58. The van der Waals surface area contributed by atoms with E-state index in [-0.39, 0.29) is 5.82 Å². The molecule has 2 aromatic rings. The van der Waals surface area contributed by atoms with Crippen molar-refractivity contribution in [3.05, 3.63) is 30.1 Å². The third-order valence-corrected chi connectivity index (χ3v) is 5.03. The Morgan fingerprint density at radius 2 is 1.90 bits per heavy atom. The van der Waals surface area contributed by atoms with Gasteiger partial charge in [-0.25, -0.2) is 4.39 Å². The van der Waals surface area contributed by atoms with Crippen molar-refractivity contribution in [1.29, 1.82) is 0 Å². The van der Waals surface area contributed by atoms with Gasteiger partial charge in [-0.2, -0.15) is 0 Å². The molecule has 0 fully saturated rings. The molecular formula is C15H20FN3OS. The SMILES string of the molecule is CCC(O)(CC)CSc1nnc(-c2ccccc2F)n1C. The Kier molecular flexibility index (Phi) is 5.00. The summed E-state index contributed by atoms with van der Waals surface area (Å²) in [7, 11) is 1.81.